The van der Waals surface area contributed by atoms with Crippen LogP contribution in [0.2, 0.25) is 0 Å². The van der Waals surface area contributed by atoms with Gasteiger partial charge in [0, 0.05) is 0 Å². The number of carboxylic acid groups (broad SMARTS) is 1. The first kappa shape index (κ1) is 9.91. The maximum Gasteiger partial charge on any atom is 0.422 e. The fourth-order valence-electron chi connectivity index (χ4n) is 0.814. The SMILES string of the molecule is O=Cc1ccccc1OC(=O)C(=O)O. The number of rotatable bonds is 2. The zero-order chi connectivity index (χ0) is 10.6. The molecule has 1 rings (SSSR count). The molecule has 0 radical (unpaired) electrons. The van der Waals surface area contributed by atoms with Gasteiger partial charge in [-0.3, -0.25) is 4.79 Å². The van der Waals surface area contributed by atoms with Crippen molar-refractivity contribution in [1.82, 2.24) is 0 Å². The van der Waals surface area contributed by atoms with Crippen molar-refractivity contribution in [1.29, 1.82) is 0 Å². The third-order valence-corrected chi connectivity index (χ3v) is 1.42. The van der Waals surface area contributed by atoms with Gasteiger partial charge in [0.25, 0.3) is 0 Å². The molecule has 0 heterocycles. The molecule has 1 aromatic rings. The van der Waals surface area contributed by atoms with E-state index in [4.69, 9.17) is 5.11 Å². The number of aliphatic carboxylic acids is 1. The van der Waals surface area contributed by atoms with Crippen LogP contribution >= 0.6 is 0 Å². The van der Waals surface area contributed by atoms with Gasteiger partial charge in [0.1, 0.15) is 5.75 Å². The minimum atomic E-state index is -1.70. The highest BCUT2D eigenvalue weighted by Gasteiger charge is 2.15. The van der Waals surface area contributed by atoms with Gasteiger partial charge in [-0.2, -0.15) is 0 Å². The average molecular weight is 194 g/mol. The summed E-state index contributed by atoms with van der Waals surface area (Å²) < 4.78 is 4.43. The van der Waals surface area contributed by atoms with Gasteiger partial charge >= 0.3 is 11.9 Å². The predicted octanol–water partition coefficient (Wildman–Crippen LogP) is 0.489. The fraction of sp³-hybridized carbons (Fsp3) is 0. The van der Waals surface area contributed by atoms with E-state index in [1.54, 1.807) is 6.07 Å². The molecule has 0 saturated carbocycles. The Labute approximate surface area is 78.9 Å². The third-order valence-electron chi connectivity index (χ3n) is 1.42. The molecule has 0 aliphatic carbocycles. The van der Waals surface area contributed by atoms with Crippen LogP contribution in [-0.2, 0) is 9.59 Å². The predicted molar refractivity (Wildman–Crippen MR) is 45.1 cm³/mol. The van der Waals surface area contributed by atoms with Crippen LogP contribution in [0.3, 0.4) is 0 Å². The van der Waals surface area contributed by atoms with Crippen molar-refractivity contribution < 1.29 is 24.2 Å². The number of esters is 1. The Hall–Kier alpha value is -2.17. The van der Waals surface area contributed by atoms with Crippen LogP contribution in [-0.4, -0.2) is 23.3 Å². The first-order valence-corrected chi connectivity index (χ1v) is 3.64. The van der Waals surface area contributed by atoms with E-state index < -0.39 is 11.9 Å². The first-order valence-electron chi connectivity index (χ1n) is 3.64. The molecule has 5 nitrogen and oxygen atoms in total. The maximum absolute atomic E-state index is 10.6. The number of hydrogen-bond donors (Lipinski definition) is 1. The summed E-state index contributed by atoms with van der Waals surface area (Å²) >= 11 is 0. The summed E-state index contributed by atoms with van der Waals surface area (Å²) in [6.45, 7) is 0. The van der Waals surface area contributed by atoms with E-state index in [0.29, 0.717) is 6.29 Å². The van der Waals surface area contributed by atoms with Crippen LogP contribution in [0.15, 0.2) is 24.3 Å². The van der Waals surface area contributed by atoms with Crippen molar-refractivity contribution in [3.8, 4) is 5.75 Å². The maximum atomic E-state index is 10.6. The van der Waals surface area contributed by atoms with E-state index in [9.17, 15) is 14.4 Å². The molecule has 1 N–H and O–H groups in total. The Morgan fingerprint density at radius 1 is 1.29 bits per heavy atom. The van der Waals surface area contributed by atoms with Crippen LogP contribution < -0.4 is 4.74 Å². The van der Waals surface area contributed by atoms with E-state index in [1.165, 1.54) is 18.2 Å². The number of carbonyl (C=O) groups excluding carboxylic acids is 2. The molecule has 0 aliphatic rings. The van der Waals surface area contributed by atoms with Crippen LogP contribution in [0.4, 0.5) is 0 Å². The summed E-state index contributed by atoms with van der Waals surface area (Å²) in [7, 11) is 0. The van der Waals surface area contributed by atoms with Crippen molar-refractivity contribution in [2.45, 2.75) is 0 Å². The van der Waals surface area contributed by atoms with Gasteiger partial charge in [-0.15, -0.1) is 0 Å². The second-order valence-electron chi connectivity index (χ2n) is 2.35. The van der Waals surface area contributed by atoms with Gasteiger partial charge in [0.15, 0.2) is 6.29 Å². The Bertz CT molecular complexity index is 383. The zero-order valence-corrected chi connectivity index (χ0v) is 6.97. The molecule has 1 aromatic carbocycles. The lowest BCUT2D eigenvalue weighted by molar-refractivity contribution is -0.158. The van der Waals surface area contributed by atoms with Gasteiger partial charge in [-0.05, 0) is 12.1 Å². The number of aldehydes is 1. The molecule has 0 saturated heterocycles. The molecule has 0 fully saturated rings. The summed E-state index contributed by atoms with van der Waals surface area (Å²) in [5.74, 6) is -3.18. The monoisotopic (exact) mass is 194 g/mol. The molecule has 0 aliphatic heterocycles. The number of carboxylic acids is 1. The normalized spacial score (nSPS) is 9.14. The van der Waals surface area contributed by atoms with E-state index >= 15 is 0 Å². The van der Waals surface area contributed by atoms with Crippen LogP contribution in [0.25, 0.3) is 0 Å². The summed E-state index contributed by atoms with van der Waals surface area (Å²) in [4.78, 5) is 31.2. The standard InChI is InChI=1S/C9H6O5/c10-5-6-3-1-2-4-7(6)14-9(13)8(11)12/h1-5H,(H,11,12). The topological polar surface area (TPSA) is 80.7 Å². The smallest absolute Gasteiger partial charge is 0.422 e. The van der Waals surface area contributed by atoms with Crippen LogP contribution in [0.1, 0.15) is 10.4 Å². The molecule has 0 aromatic heterocycles. The number of para-hydroxylation sites is 1. The third kappa shape index (κ3) is 2.16. The quantitative estimate of drug-likeness (QED) is 0.320. The molecular formula is C9H6O5. The van der Waals surface area contributed by atoms with Crippen molar-refractivity contribution >= 4 is 18.2 Å². The summed E-state index contributed by atoms with van der Waals surface area (Å²) in [6.07, 6.45) is 0.477. The lowest BCUT2D eigenvalue weighted by Gasteiger charge is -2.02. The van der Waals surface area contributed by atoms with Crippen LogP contribution in [0, 0.1) is 0 Å². The fourth-order valence-corrected chi connectivity index (χ4v) is 0.814. The van der Waals surface area contributed by atoms with Gasteiger partial charge in [-0.1, -0.05) is 12.1 Å². The highest BCUT2D eigenvalue weighted by atomic mass is 16.6. The number of benzene rings is 1. The molecule has 72 valence electrons. The Morgan fingerprint density at radius 3 is 2.50 bits per heavy atom. The van der Waals surface area contributed by atoms with Gasteiger partial charge in [0.05, 0.1) is 5.56 Å². The number of carbonyl (C=O) groups is 3. The highest BCUT2D eigenvalue weighted by molar-refractivity contribution is 6.29. The zero-order valence-electron chi connectivity index (χ0n) is 6.97. The molecule has 0 unspecified atom stereocenters. The summed E-state index contributed by atoms with van der Waals surface area (Å²) in [5.41, 5.74) is 0.127. The number of ether oxygens (including phenoxy) is 1. The molecule has 14 heavy (non-hydrogen) atoms. The Balaban J connectivity index is 2.91. The molecule has 0 bridgehead atoms. The van der Waals surface area contributed by atoms with E-state index in [1.807, 2.05) is 0 Å². The highest BCUT2D eigenvalue weighted by Crippen LogP contribution is 2.15. The lowest BCUT2D eigenvalue weighted by Crippen LogP contribution is -2.19. The molecular weight excluding hydrogens is 188 g/mol. The number of hydrogen-bond acceptors (Lipinski definition) is 4. The van der Waals surface area contributed by atoms with Crippen molar-refractivity contribution in [2.24, 2.45) is 0 Å². The minimum Gasteiger partial charge on any atom is -0.473 e. The van der Waals surface area contributed by atoms with Crippen molar-refractivity contribution in [3.05, 3.63) is 29.8 Å². The van der Waals surface area contributed by atoms with E-state index in [-0.39, 0.29) is 11.3 Å². The lowest BCUT2D eigenvalue weighted by atomic mass is 10.2. The summed E-state index contributed by atoms with van der Waals surface area (Å²) in [6, 6.07) is 5.85. The minimum absolute atomic E-state index is 0.0603. The Kier molecular flexibility index (Phi) is 2.96. The van der Waals surface area contributed by atoms with Crippen molar-refractivity contribution in [3.63, 3.8) is 0 Å². The second-order valence-corrected chi connectivity index (χ2v) is 2.35. The molecule has 0 spiro atoms. The summed E-state index contributed by atoms with van der Waals surface area (Å²) in [5, 5.41) is 8.24. The van der Waals surface area contributed by atoms with Gasteiger partial charge in [-0.25, -0.2) is 9.59 Å². The largest absolute Gasteiger partial charge is 0.473 e. The van der Waals surface area contributed by atoms with Crippen molar-refractivity contribution in [2.75, 3.05) is 0 Å². The van der Waals surface area contributed by atoms with E-state index in [2.05, 4.69) is 4.74 Å². The van der Waals surface area contributed by atoms with Crippen LogP contribution in [0.5, 0.6) is 5.75 Å². The van der Waals surface area contributed by atoms with Gasteiger partial charge < -0.3 is 9.84 Å². The average Bonchev–Trinajstić information content (AvgIpc) is 2.18. The van der Waals surface area contributed by atoms with E-state index in [0.717, 1.165) is 0 Å². The molecule has 5 heteroatoms. The second kappa shape index (κ2) is 4.18. The molecule has 0 amide bonds. The van der Waals surface area contributed by atoms with Gasteiger partial charge in [0.2, 0.25) is 0 Å². The Morgan fingerprint density at radius 2 is 1.93 bits per heavy atom. The first-order chi connectivity index (χ1) is 6.65. The molecule has 0 atom stereocenters.